The van der Waals surface area contributed by atoms with Gasteiger partial charge in [0.05, 0.1) is 16.9 Å². The summed E-state index contributed by atoms with van der Waals surface area (Å²) in [6.45, 7) is 3.85. The van der Waals surface area contributed by atoms with E-state index in [4.69, 9.17) is 4.74 Å². The van der Waals surface area contributed by atoms with Gasteiger partial charge in [0.15, 0.2) is 0 Å². The van der Waals surface area contributed by atoms with E-state index in [-0.39, 0.29) is 17.9 Å². The van der Waals surface area contributed by atoms with E-state index in [2.05, 4.69) is 4.90 Å². The first kappa shape index (κ1) is 28.6. The molecule has 0 amide bonds. The van der Waals surface area contributed by atoms with E-state index in [1.165, 1.54) is 16.4 Å². The number of rotatable bonds is 9. The van der Waals surface area contributed by atoms with Gasteiger partial charge in [-0.15, -0.1) is 0 Å². The highest BCUT2D eigenvalue weighted by atomic mass is 32.2. The van der Waals surface area contributed by atoms with E-state index in [1.807, 2.05) is 6.92 Å². The third-order valence-corrected chi connectivity index (χ3v) is 8.45. The first-order valence-electron chi connectivity index (χ1n) is 12.3. The zero-order chi connectivity index (χ0) is 28.2. The van der Waals surface area contributed by atoms with E-state index in [1.54, 1.807) is 42.5 Å². The molecule has 1 fully saturated rings. The van der Waals surface area contributed by atoms with Crippen molar-refractivity contribution < 1.29 is 36.2 Å². The topological polar surface area (TPSA) is 87.2 Å². The fourth-order valence-corrected chi connectivity index (χ4v) is 5.78. The quantitative estimate of drug-likeness (QED) is 0.406. The smallest absolute Gasteiger partial charge is 0.416 e. The van der Waals surface area contributed by atoms with E-state index in [9.17, 15) is 31.5 Å². The Morgan fingerprint density at radius 3 is 2.13 bits per heavy atom. The minimum Gasteiger partial charge on any atom is -0.489 e. The minimum atomic E-state index is -4.42. The molecule has 7 nitrogen and oxygen atoms in total. The van der Waals surface area contributed by atoms with Crippen molar-refractivity contribution in [2.45, 2.75) is 37.6 Å². The highest BCUT2D eigenvalue weighted by Crippen LogP contribution is 2.30. The van der Waals surface area contributed by atoms with E-state index < -0.39 is 27.7 Å². The molecule has 0 spiro atoms. The lowest BCUT2D eigenvalue weighted by Gasteiger charge is -2.34. The number of piperazine rings is 1. The predicted molar refractivity (Wildman–Crippen MR) is 139 cm³/mol. The average molecular weight is 563 g/mol. The van der Waals surface area contributed by atoms with Crippen LogP contribution in [0.4, 0.5) is 13.2 Å². The molecule has 0 radical (unpaired) electrons. The Labute approximate surface area is 225 Å². The lowest BCUT2D eigenvalue weighted by molar-refractivity contribution is -0.138. The molecular weight excluding hydrogens is 533 g/mol. The van der Waals surface area contributed by atoms with Gasteiger partial charge in [-0.2, -0.15) is 17.5 Å². The van der Waals surface area contributed by atoms with Crippen molar-refractivity contribution in [3.63, 3.8) is 0 Å². The van der Waals surface area contributed by atoms with E-state index >= 15 is 0 Å². The summed E-state index contributed by atoms with van der Waals surface area (Å²) in [4.78, 5) is 13.6. The highest BCUT2D eigenvalue weighted by molar-refractivity contribution is 7.89. The van der Waals surface area contributed by atoms with Gasteiger partial charge in [-0.3, -0.25) is 9.69 Å². The number of carbonyl (C=O) groups is 1. The fraction of sp³-hybridized carbons (Fsp3) is 0.321. The Balaban J connectivity index is 1.44. The normalized spacial score (nSPS) is 15.3. The van der Waals surface area contributed by atoms with Gasteiger partial charge in [-0.05, 0) is 48.4 Å². The summed E-state index contributed by atoms with van der Waals surface area (Å²) in [5.41, 5.74) is 2.09. The van der Waals surface area contributed by atoms with Crippen LogP contribution in [0, 0.1) is 6.92 Å². The van der Waals surface area contributed by atoms with Crippen LogP contribution in [-0.4, -0.2) is 54.9 Å². The largest absolute Gasteiger partial charge is 0.489 e. The number of hydrogen-bond donors (Lipinski definition) is 1. The number of carboxylic acids is 1. The van der Waals surface area contributed by atoms with Crippen molar-refractivity contribution in [2.75, 3.05) is 26.2 Å². The third kappa shape index (κ3) is 7.37. The van der Waals surface area contributed by atoms with E-state index in [0.717, 1.165) is 23.3 Å². The molecule has 3 aromatic carbocycles. The second-order valence-corrected chi connectivity index (χ2v) is 11.4. The third-order valence-electron chi connectivity index (χ3n) is 6.54. The lowest BCUT2D eigenvalue weighted by Crippen LogP contribution is -2.48. The van der Waals surface area contributed by atoms with Crippen molar-refractivity contribution in [3.05, 3.63) is 94.5 Å². The van der Waals surface area contributed by atoms with Gasteiger partial charge in [-0.25, -0.2) is 8.42 Å². The van der Waals surface area contributed by atoms with Crippen LogP contribution in [0.3, 0.4) is 0 Å². The van der Waals surface area contributed by atoms with Gasteiger partial charge in [0, 0.05) is 38.3 Å². The van der Waals surface area contributed by atoms with Gasteiger partial charge < -0.3 is 9.84 Å². The highest BCUT2D eigenvalue weighted by Gasteiger charge is 2.30. The summed E-state index contributed by atoms with van der Waals surface area (Å²) in [5, 5.41) is 9.21. The molecule has 0 aliphatic carbocycles. The first-order valence-corrected chi connectivity index (χ1v) is 13.8. The van der Waals surface area contributed by atoms with Crippen LogP contribution in [0.15, 0.2) is 71.6 Å². The van der Waals surface area contributed by atoms with Crippen LogP contribution in [0.25, 0.3) is 0 Å². The molecule has 0 unspecified atom stereocenters. The van der Waals surface area contributed by atoms with E-state index in [0.29, 0.717) is 49.6 Å². The summed E-state index contributed by atoms with van der Waals surface area (Å²) in [7, 11) is -3.61. The molecule has 11 heteroatoms. The average Bonchev–Trinajstić information content (AvgIpc) is 2.88. The molecule has 1 N–H and O–H groups in total. The molecule has 0 atom stereocenters. The molecule has 0 saturated carbocycles. The Morgan fingerprint density at radius 2 is 1.54 bits per heavy atom. The van der Waals surface area contributed by atoms with Gasteiger partial charge in [0.1, 0.15) is 12.4 Å². The minimum absolute atomic E-state index is 0.0337. The summed E-state index contributed by atoms with van der Waals surface area (Å²) in [6, 6.07) is 16.5. The van der Waals surface area contributed by atoms with Crippen molar-refractivity contribution in [3.8, 4) is 5.75 Å². The van der Waals surface area contributed by atoms with Gasteiger partial charge in [-0.1, -0.05) is 42.0 Å². The molecule has 1 heterocycles. The van der Waals surface area contributed by atoms with Crippen molar-refractivity contribution in [1.29, 1.82) is 0 Å². The summed E-state index contributed by atoms with van der Waals surface area (Å²) in [5.74, 6) is -0.493. The molecule has 0 aromatic heterocycles. The maximum Gasteiger partial charge on any atom is 0.416 e. The van der Waals surface area contributed by atoms with Crippen molar-refractivity contribution >= 4 is 16.0 Å². The second kappa shape index (κ2) is 11.8. The molecule has 1 saturated heterocycles. The number of carboxylic acid groups (broad SMARTS) is 1. The molecule has 208 valence electrons. The van der Waals surface area contributed by atoms with Crippen LogP contribution in [0.2, 0.25) is 0 Å². The van der Waals surface area contributed by atoms with Crippen LogP contribution in [-0.2, 0) is 40.6 Å². The predicted octanol–water partition coefficient (Wildman–Crippen LogP) is 4.73. The Bertz CT molecular complexity index is 1400. The number of sulfonamides is 1. The SMILES string of the molecule is Cc1ccc(S(=O)(=O)N2CCN(Cc3cc(CC(=O)O)ccc3OCc3ccc(C(F)(F)F)cc3)CC2)cc1. The van der Waals surface area contributed by atoms with Crippen LogP contribution >= 0.6 is 0 Å². The first-order chi connectivity index (χ1) is 18.4. The molecule has 1 aliphatic rings. The number of nitrogens with zero attached hydrogens (tertiary/aromatic N) is 2. The number of hydrogen-bond acceptors (Lipinski definition) is 5. The van der Waals surface area contributed by atoms with Crippen LogP contribution < -0.4 is 4.74 Å². The van der Waals surface area contributed by atoms with Crippen LogP contribution in [0.1, 0.15) is 27.8 Å². The van der Waals surface area contributed by atoms with Gasteiger partial charge >= 0.3 is 12.1 Å². The van der Waals surface area contributed by atoms with Gasteiger partial charge in [0.25, 0.3) is 0 Å². The molecule has 39 heavy (non-hydrogen) atoms. The number of aryl methyl sites for hydroxylation is 1. The monoisotopic (exact) mass is 562 g/mol. The number of ether oxygens (including phenoxy) is 1. The maximum absolute atomic E-state index is 13.0. The van der Waals surface area contributed by atoms with Gasteiger partial charge in [0.2, 0.25) is 10.0 Å². The number of halogens is 3. The Kier molecular flexibility index (Phi) is 8.63. The Morgan fingerprint density at radius 1 is 0.923 bits per heavy atom. The second-order valence-electron chi connectivity index (χ2n) is 9.49. The number of aliphatic carboxylic acids is 1. The van der Waals surface area contributed by atoms with Crippen molar-refractivity contribution in [2.24, 2.45) is 0 Å². The van der Waals surface area contributed by atoms with Crippen molar-refractivity contribution in [1.82, 2.24) is 9.21 Å². The van der Waals surface area contributed by atoms with Crippen LogP contribution in [0.5, 0.6) is 5.75 Å². The summed E-state index contributed by atoms with van der Waals surface area (Å²) >= 11 is 0. The molecule has 1 aliphatic heterocycles. The molecule has 4 rings (SSSR count). The standard InChI is InChI=1S/C28H29F3N2O5S/c1-20-2-9-25(10-3-20)39(36,37)33-14-12-32(13-15-33)18-23-16-22(17-27(34)35)6-11-26(23)38-19-21-4-7-24(8-5-21)28(29,30)31/h2-11,16H,12-15,17-19H2,1H3,(H,34,35). The summed E-state index contributed by atoms with van der Waals surface area (Å²) in [6.07, 6.45) is -4.59. The number of alkyl halides is 3. The lowest BCUT2D eigenvalue weighted by atomic mass is 10.1. The zero-order valence-electron chi connectivity index (χ0n) is 21.3. The fourth-order valence-electron chi connectivity index (χ4n) is 4.36. The summed E-state index contributed by atoms with van der Waals surface area (Å²) < 4.78 is 72.0. The maximum atomic E-state index is 13.0. The molecular formula is C28H29F3N2O5S. The number of benzene rings is 3. The molecule has 3 aromatic rings. The molecule has 0 bridgehead atoms. The Hall–Kier alpha value is -3.41. The zero-order valence-corrected chi connectivity index (χ0v) is 22.1.